The lowest BCUT2D eigenvalue weighted by molar-refractivity contribution is 0.463. The first-order valence-corrected chi connectivity index (χ1v) is 9.12. The van der Waals surface area contributed by atoms with Gasteiger partial charge in [0.05, 0.1) is 6.26 Å². The second-order valence-corrected chi connectivity index (χ2v) is 7.93. The van der Waals surface area contributed by atoms with Crippen molar-refractivity contribution in [1.82, 2.24) is 0 Å². The minimum Gasteiger partial charge on any atom is -0.463 e. The van der Waals surface area contributed by atoms with Gasteiger partial charge in [0.25, 0.3) is 30.4 Å². The minimum absolute atomic E-state index is 0.200. The van der Waals surface area contributed by atoms with Crippen molar-refractivity contribution in [1.29, 1.82) is 0 Å². The van der Waals surface area contributed by atoms with Gasteiger partial charge < -0.3 is 4.42 Å². The molecule has 0 radical (unpaired) electrons. The molecule has 0 bridgehead atoms. The van der Waals surface area contributed by atoms with Gasteiger partial charge in [-0.3, -0.25) is 13.7 Å². The topological polar surface area (TPSA) is 176 Å². The molecule has 10 nitrogen and oxygen atoms in total. The summed E-state index contributed by atoms with van der Waals surface area (Å²) in [6.07, 6.45) is 0.807. The lowest BCUT2D eigenvalue weighted by Gasteiger charge is -2.08. The maximum absolute atomic E-state index is 11.3. The molecule has 0 spiro atoms. The predicted molar refractivity (Wildman–Crippen MR) is 65.7 cm³/mol. The lowest BCUT2D eigenvalue weighted by Crippen LogP contribution is -2.11. The fraction of sp³-hybridized carbons (Fsp3) is 0. The van der Waals surface area contributed by atoms with Crippen molar-refractivity contribution in [2.45, 2.75) is 14.7 Å². The highest BCUT2D eigenvalue weighted by Gasteiger charge is 2.32. The second kappa shape index (κ2) is 4.49. The molecule has 0 aliphatic rings. The summed E-state index contributed by atoms with van der Waals surface area (Å²) in [5.41, 5.74) is -0.847. The Morgan fingerprint density at radius 3 is 1.76 bits per heavy atom. The highest BCUT2D eigenvalue weighted by atomic mass is 32.2. The molecule has 0 amide bonds. The number of rotatable bonds is 3. The van der Waals surface area contributed by atoms with Crippen LogP contribution in [0.4, 0.5) is 0 Å². The minimum atomic E-state index is -5.24. The molecule has 0 fully saturated rings. The van der Waals surface area contributed by atoms with Crippen LogP contribution in [0.25, 0.3) is 11.0 Å². The summed E-state index contributed by atoms with van der Waals surface area (Å²) in [6, 6.07) is 1.13. The van der Waals surface area contributed by atoms with Gasteiger partial charge in [-0.2, -0.15) is 25.3 Å². The summed E-state index contributed by atoms with van der Waals surface area (Å²) in [5.74, 6) is 0. The molecule has 0 atom stereocenters. The fourth-order valence-corrected chi connectivity index (χ4v) is 4.41. The molecule has 2 aromatic rings. The number of benzene rings is 1. The molecule has 0 saturated heterocycles. The van der Waals surface area contributed by atoms with Crippen molar-refractivity contribution in [3.8, 4) is 0 Å². The van der Waals surface area contributed by atoms with Gasteiger partial charge in [-0.05, 0) is 12.1 Å². The predicted octanol–water partition coefficient (Wildman–Crippen LogP) is 0.173. The third-order valence-electron chi connectivity index (χ3n) is 2.44. The number of hydrogen-bond donors (Lipinski definition) is 3. The van der Waals surface area contributed by atoms with E-state index in [-0.39, 0.29) is 6.07 Å². The van der Waals surface area contributed by atoms with Crippen LogP contribution in [-0.2, 0) is 30.4 Å². The molecule has 1 aromatic heterocycles. The summed E-state index contributed by atoms with van der Waals surface area (Å²) in [4.78, 5) is -3.79. The van der Waals surface area contributed by atoms with Gasteiger partial charge in [0.1, 0.15) is 9.79 Å². The molecule has 0 aliphatic carbocycles. The van der Waals surface area contributed by atoms with Crippen molar-refractivity contribution in [3.05, 3.63) is 18.4 Å². The number of hydrogen-bond acceptors (Lipinski definition) is 7. The molecule has 116 valence electrons. The first-order chi connectivity index (χ1) is 9.33. The molecule has 0 saturated carbocycles. The number of furan rings is 1. The Hall–Kier alpha value is -1.51. The van der Waals surface area contributed by atoms with E-state index in [9.17, 15) is 25.3 Å². The molecule has 13 heteroatoms. The van der Waals surface area contributed by atoms with E-state index in [1.807, 2.05) is 0 Å². The highest BCUT2D eigenvalue weighted by molar-refractivity contribution is 7.89. The summed E-state index contributed by atoms with van der Waals surface area (Å²) < 4.78 is 99.2. The van der Waals surface area contributed by atoms with Crippen LogP contribution in [0.2, 0.25) is 0 Å². The van der Waals surface area contributed by atoms with E-state index in [0.717, 1.165) is 12.3 Å². The van der Waals surface area contributed by atoms with Crippen molar-refractivity contribution in [2.75, 3.05) is 0 Å². The third-order valence-corrected chi connectivity index (χ3v) is 5.26. The zero-order chi connectivity index (χ0) is 16.2. The zero-order valence-electron chi connectivity index (χ0n) is 9.66. The Bertz CT molecular complexity index is 1040. The number of fused-ring (bicyclic) bond motifs is 1. The fourth-order valence-electron chi connectivity index (χ4n) is 1.70. The summed E-state index contributed by atoms with van der Waals surface area (Å²) in [7, 11) is -15.4. The summed E-state index contributed by atoms with van der Waals surface area (Å²) >= 11 is 0. The van der Waals surface area contributed by atoms with Crippen molar-refractivity contribution >= 4 is 41.3 Å². The van der Waals surface area contributed by atoms with Gasteiger partial charge >= 0.3 is 0 Å². The Labute approximate surface area is 118 Å². The monoisotopic (exact) mass is 358 g/mol. The van der Waals surface area contributed by atoms with Crippen molar-refractivity contribution in [2.24, 2.45) is 0 Å². The first-order valence-electron chi connectivity index (χ1n) is 4.80. The van der Waals surface area contributed by atoms with E-state index in [0.29, 0.717) is 0 Å². The van der Waals surface area contributed by atoms with Gasteiger partial charge in [0, 0.05) is 5.39 Å². The smallest absolute Gasteiger partial charge is 0.299 e. The average Bonchev–Trinajstić information content (AvgIpc) is 2.70. The summed E-state index contributed by atoms with van der Waals surface area (Å²) in [5, 5.41) is -0.488. The van der Waals surface area contributed by atoms with E-state index < -0.39 is 56.0 Å². The molecule has 0 aliphatic heterocycles. The Kier molecular flexibility index (Phi) is 3.39. The maximum Gasteiger partial charge on any atom is 0.299 e. The highest BCUT2D eigenvalue weighted by Crippen LogP contribution is 2.35. The molecular formula is C8H6O10S3. The van der Waals surface area contributed by atoms with Crippen LogP contribution in [-0.4, -0.2) is 38.9 Å². The summed E-state index contributed by atoms with van der Waals surface area (Å²) in [6.45, 7) is 0. The molecule has 1 aromatic carbocycles. The largest absolute Gasteiger partial charge is 0.463 e. The molecule has 21 heavy (non-hydrogen) atoms. The van der Waals surface area contributed by atoms with Crippen molar-refractivity contribution < 1.29 is 43.3 Å². The molecule has 0 unspecified atom stereocenters. The Morgan fingerprint density at radius 1 is 0.810 bits per heavy atom. The quantitative estimate of drug-likeness (QED) is 0.641. The van der Waals surface area contributed by atoms with E-state index in [1.165, 1.54) is 0 Å². The van der Waals surface area contributed by atoms with Crippen LogP contribution in [0, 0.1) is 0 Å². The standard InChI is InChI=1S/C8H6O10S3/c9-19(10,11)5-3-6(20(12,13)14)8(21(15,16)17)7-4(5)1-2-18-7/h1-3H,(H,9,10,11)(H,12,13,14)(H,15,16,17). The van der Waals surface area contributed by atoms with Gasteiger partial charge in [-0.25, -0.2) is 0 Å². The van der Waals surface area contributed by atoms with E-state index >= 15 is 0 Å². The van der Waals surface area contributed by atoms with Gasteiger partial charge in [0.2, 0.25) is 0 Å². The SMILES string of the molecule is O=S(=O)(O)c1cc(S(=O)(=O)O)c2ccoc2c1S(=O)(=O)O. The molecular weight excluding hydrogens is 352 g/mol. The van der Waals surface area contributed by atoms with E-state index in [2.05, 4.69) is 4.42 Å². The van der Waals surface area contributed by atoms with E-state index in [4.69, 9.17) is 13.7 Å². The first kappa shape index (κ1) is 15.9. The van der Waals surface area contributed by atoms with Crippen LogP contribution in [0.15, 0.2) is 37.5 Å². The van der Waals surface area contributed by atoms with Crippen LogP contribution in [0.1, 0.15) is 0 Å². The Balaban J connectivity index is 3.22. The van der Waals surface area contributed by atoms with Crippen LogP contribution < -0.4 is 0 Å². The molecule has 3 N–H and O–H groups in total. The van der Waals surface area contributed by atoms with Crippen LogP contribution in [0.3, 0.4) is 0 Å². The maximum atomic E-state index is 11.3. The third kappa shape index (κ3) is 2.78. The van der Waals surface area contributed by atoms with Crippen LogP contribution >= 0.6 is 0 Å². The normalized spacial score (nSPS) is 13.7. The van der Waals surface area contributed by atoms with Gasteiger partial charge in [-0.1, -0.05) is 0 Å². The van der Waals surface area contributed by atoms with Gasteiger partial charge in [0.15, 0.2) is 10.5 Å². The average molecular weight is 358 g/mol. The van der Waals surface area contributed by atoms with Crippen molar-refractivity contribution in [3.63, 3.8) is 0 Å². The molecule has 1 heterocycles. The lowest BCUT2D eigenvalue weighted by atomic mass is 10.2. The van der Waals surface area contributed by atoms with Gasteiger partial charge in [-0.15, -0.1) is 0 Å². The zero-order valence-corrected chi connectivity index (χ0v) is 12.1. The second-order valence-electron chi connectivity index (χ2n) is 3.79. The van der Waals surface area contributed by atoms with E-state index in [1.54, 1.807) is 0 Å². The molecule has 2 rings (SSSR count). The Morgan fingerprint density at radius 2 is 1.33 bits per heavy atom. The van der Waals surface area contributed by atoms with Crippen LogP contribution in [0.5, 0.6) is 0 Å².